The van der Waals surface area contributed by atoms with Crippen molar-refractivity contribution in [3.05, 3.63) is 227 Å². The quantitative estimate of drug-likeness (QED) is 0.0261. The number of aliphatic carboxylic acids is 1. The van der Waals surface area contributed by atoms with Crippen LogP contribution in [0, 0.1) is 20.8 Å². The Morgan fingerprint density at radius 1 is 0.434 bits per heavy atom. The number of esters is 2. The van der Waals surface area contributed by atoms with Crippen LogP contribution in [0.5, 0.6) is 51.7 Å². The molecular formula is C66H68BBrO15. The summed E-state index contributed by atoms with van der Waals surface area (Å²) in [5, 5.41) is 62.1. The predicted octanol–water partition coefficient (Wildman–Crippen LogP) is 13.3. The van der Waals surface area contributed by atoms with Crippen LogP contribution in [-0.2, 0) is 14.4 Å². The Balaban J connectivity index is 0.000000277. The summed E-state index contributed by atoms with van der Waals surface area (Å²) in [5.41, 5.74) is 10.3. The number of carbonyl (C=O) groups excluding carboxylic acids is 2. The van der Waals surface area contributed by atoms with E-state index in [0.717, 1.165) is 49.0 Å². The Labute approximate surface area is 493 Å². The molecule has 0 radical (unpaired) electrons. The van der Waals surface area contributed by atoms with Gasteiger partial charge in [0.15, 0.2) is 0 Å². The first-order valence-electron chi connectivity index (χ1n) is 25.2. The summed E-state index contributed by atoms with van der Waals surface area (Å²) >= 11 is 3.32. The van der Waals surface area contributed by atoms with E-state index in [0.29, 0.717) is 51.1 Å². The number of carbonyl (C=O) groups is 3. The molecule has 0 fully saturated rings. The van der Waals surface area contributed by atoms with Crippen molar-refractivity contribution in [2.24, 2.45) is 0 Å². The van der Waals surface area contributed by atoms with E-state index in [1.54, 1.807) is 149 Å². The Morgan fingerprint density at radius 2 is 0.759 bits per heavy atom. The van der Waals surface area contributed by atoms with Crippen LogP contribution in [-0.4, -0.2) is 81.9 Å². The van der Waals surface area contributed by atoms with Crippen LogP contribution in [0.1, 0.15) is 37.5 Å². The molecule has 0 aliphatic heterocycles. The monoisotopic (exact) mass is 1190 g/mol. The van der Waals surface area contributed by atoms with Crippen molar-refractivity contribution in [1.29, 1.82) is 0 Å². The second kappa shape index (κ2) is 33.9. The van der Waals surface area contributed by atoms with Crippen molar-refractivity contribution in [3.63, 3.8) is 0 Å². The minimum absolute atomic E-state index is 0.166. The van der Waals surface area contributed by atoms with Crippen molar-refractivity contribution in [1.82, 2.24) is 0 Å². The van der Waals surface area contributed by atoms with E-state index in [1.165, 1.54) is 19.6 Å². The number of carboxylic acid groups (broad SMARTS) is 1. The summed E-state index contributed by atoms with van der Waals surface area (Å²) in [6, 6.07) is 49.4. The number of hydrogen-bond donors (Lipinski definition) is 7. The van der Waals surface area contributed by atoms with Crippen molar-refractivity contribution in [2.75, 3.05) is 21.3 Å². The maximum absolute atomic E-state index is 11.6. The van der Waals surface area contributed by atoms with Gasteiger partial charge in [-0.1, -0.05) is 120 Å². The van der Waals surface area contributed by atoms with Crippen LogP contribution in [0.2, 0.25) is 0 Å². The van der Waals surface area contributed by atoms with Gasteiger partial charge in [-0.05, 0) is 148 Å². The average molecular weight is 1190 g/mol. The lowest BCUT2D eigenvalue weighted by atomic mass is 9.80. The first-order chi connectivity index (χ1) is 39.3. The maximum Gasteiger partial charge on any atom is 0.488 e. The van der Waals surface area contributed by atoms with Gasteiger partial charge >= 0.3 is 25.0 Å². The number of methoxy groups -OCH3 is 3. The Hall–Kier alpha value is -9.55. The van der Waals surface area contributed by atoms with Gasteiger partial charge < -0.3 is 59.3 Å². The van der Waals surface area contributed by atoms with Gasteiger partial charge in [-0.3, -0.25) is 0 Å². The van der Waals surface area contributed by atoms with Gasteiger partial charge in [0.2, 0.25) is 0 Å². The predicted molar refractivity (Wildman–Crippen MR) is 330 cm³/mol. The number of aromatic hydroxyl groups is 4. The summed E-state index contributed by atoms with van der Waals surface area (Å²) in [5.74, 6) is 1.64. The number of ether oxygens (including phenoxy) is 5. The zero-order chi connectivity index (χ0) is 61.9. The Bertz CT molecular complexity index is 3340. The number of phenols is 4. The minimum Gasteiger partial charge on any atom is -0.508 e. The van der Waals surface area contributed by atoms with Crippen LogP contribution >= 0.6 is 15.9 Å². The smallest absolute Gasteiger partial charge is 0.488 e. The van der Waals surface area contributed by atoms with E-state index in [2.05, 4.69) is 54.7 Å². The minimum atomic E-state index is -1.35. The molecule has 0 unspecified atom stereocenters. The molecule has 7 N–H and O–H groups in total. The van der Waals surface area contributed by atoms with Crippen molar-refractivity contribution in [2.45, 2.75) is 41.5 Å². The SMILES string of the molecule is C=C(C)C(=O)O.C=C(C)C(=O)Oc1ccc(-c2ccc(OC(=O)C(=C)C)cc2OC)cc1.COc1cc(O)ccc1-c1ccc(C)cc1.COc1cc(O)ccc1-c1ccc(O)cc1.Cc1cc(O)ccc1Br.Cc1ccc(B(O)O)cc1. The van der Waals surface area contributed by atoms with Gasteiger partial charge in [0.05, 0.1) is 21.3 Å². The number of halogens is 1. The number of benzene rings is 8. The van der Waals surface area contributed by atoms with Gasteiger partial charge in [0, 0.05) is 56.1 Å². The van der Waals surface area contributed by atoms with Gasteiger partial charge in [-0.2, -0.15) is 0 Å². The van der Waals surface area contributed by atoms with Crippen molar-refractivity contribution < 1.29 is 73.6 Å². The number of carboxylic acids is 1. The highest BCUT2D eigenvalue weighted by Gasteiger charge is 2.13. The number of hydrogen-bond acceptors (Lipinski definition) is 14. The molecule has 15 nitrogen and oxygen atoms in total. The van der Waals surface area contributed by atoms with Crippen LogP contribution in [0.3, 0.4) is 0 Å². The third-order valence-electron chi connectivity index (χ3n) is 11.2. The van der Waals surface area contributed by atoms with Gasteiger partial charge in [-0.15, -0.1) is 0 Å². The molecule has 8 aromatic rings. The van der Waals surface area contributed by atoms with Gasteiger partial charge in [0.25, 0.3) is 0 Å². The van der Waals surface area contributed by atoms with E-state index >= 15 is 0 Å². The first-order valence-corrected chi connectivity index (χ1v) is 26.0. The number of aryl methyl sites for hydroxylation is 3. The van der Waals surface area contributed by atoms with Crippen molar-refractivity contribution >= 4 is 46.4 Å². The summed E-state index contributed by atoms with van der Waals surface area (Å²) in [4.78, 5) is 32.8. The lowest BCUT2D eigenvalue weighted by Gasteiger charge is -2.12. The molecule has 8 rings (SSSR count). The summed E-state index contributed by atoms with van der Waals surface area (Å²) in [7, 11) is 3.35. The van der Waals surface area contributed by atoms with E-state index in [1.807, 2.05) is 50.2 Å². The maximum atomic E-state index is 11.6. The van der Waals surface area contributed by atoms with Crippen LogP contribution in [0.25, 0.3) is 33.4 Å². The van der Waals surface area contributed by atoms with Crippen LogP contribution in [0.15, 0.2) is 211 Å². The lowest BCUT2D eigenvalue weighted by Crippen LogP contribution is -2.29. The molecule has 0 saturated carbocycles. The van der Waals surface area contributed by atoms with Gasteiger partial charge in [0.1, 0.15) is 51.7 Å². The highest BCUT2D eigenvalue weighted by atomic mass is 79.9. The average Bonchev–Trinajstić information content (AvgIpc) is 3.67. The molecule has 83 heavy (non-hydrogen) atoms. The molecule has 0 saturated heterocycles. The lowest BCUT2D eigenvalue weighted by molar-refractivity contribution is -0.133. The van der Waals surface area contributed by atoms with Crippen molar-refractivity contribution in [3.8, 4) is 85.1 Å². The molecule has 0 heterocycles. The fraction of sp³-hybridized carbons (Fsp3) is 0.136. The second-order valence-electron chi connectivity index (χ2n) is 18.2. The zero-order valence-corrected chi connectivity index (χ0v) is 49.2. The van der Waals surface area contributed by atoms with E-state index < -0.39 is 25.0 Å². The molecular weight excluding hydrogens is 1120 g/mol. The van der Waals surface area contributed by atoms with Gasteiger partial charge in [-0.25, -0.2) is 14.4 Å². The van der Waals surface area contributed by atoms with Crippen LogP contribution < -0.4 is 29.1 Å². The number of phenolic OH excluding ortho intramolecular Hbond substituents is 4. The third kappa shape index (κ3) is 23.2. The van der Waals surface area contributed by atoms with E-state index in [4.69, 9.17) is 43.9 Å². The molecule has 0 aromatic heterocycles. The standard InChI is InChI=1S/C21H20O5.C14H14O2.C13H12O3.C7H9BO2.C7H7BrO.C4H6O2/c1-13(2)20(22)25-16-8-6-15(7-9-16)18-11-10-17(12-19(18)24-5)26-21(23)14(3)4;1-10-3-5-11(6-4-10)13-8-7-12(15)9-14(13)16-2;1-16-13-8-11(15)6-7-12(13)9-2-4-10(14)5-3-9;1-6-2-4-7(5-3-6)8(9)10;1-5-4-6(9)2-3-7(5)8;1-3(2)4(5)6/h6-12H,1,3H2,2,4-5H3;3-9,15H,1-2H3;2-8,14-15H,1H3;2-5,9-10H,1H3;2-4,9H,1H3;1H2,2H3,(H,5,6). The molecule has 0 spiro atoms. The number of rotatable bonds is 12. The summed E-state index contributed by atoms with van der Waals surface area (Å²) < 4.78 is 27.2. The fourth-order valence-corrected chi connectivity index (χ4v) is 6.89. The third-order valence-corrected chi connectivity index (χ3v) is 12.1. The molecule has 432 valence electrons. The van der Waals surface area contributed by atoms with E-state index in [-0.39, 0.29) is 22.8 Å². The first kappa shape index (κ1) is 67.7. The van der Waals surface area contributed by atoms with Crippen LogP contribution in [0.4, 0.5) is 0 Å². The highest BCUT2D eigenvalue weighted by Crippen LogP contribution is 2.36. The zero-order valence-electron chi connectivity index (χ0n) is 47.6. The topological polar surface area (TPSA) is 239 Å². The van der Waals surface area contributed by atoms with E-state index in [9.17, 15) is 29.7 Å². The molecule has 0 aliphatic carbocycles. The Kier molecular flexibility index (Phi) is 27.7. The molecule has 0 amide bonds. The molecule has 8 aromatic carbocycles. The normalized spacial score (nSPS) is 9.73. The largest absolute Gasteiger partial charge is 0.508 e. The highest BCUT2D eigenvalue weighted by molar-refractivity contribution is 9.10. The summed E-state index contributed by atoms with van der Waals surface area (Å²) in [6.45, 7) is 20.8. The molecule has 0 bridgehead atoms. The molecule has 0 atom stereocenters. The Morgan fingerprint density at radius 3 is 1.13 bits per heavy atom. The molecule has 17 heteroatoms. The fourth-order valence-electron chi connectivity index (χ4n) is 6.64. The summed E-state index contributed by atoms with van der Waals surface area (Å²) in [6.07, 6.45) is 0. The molecule has 0 aliphatic rings. The second-order valence-corrected chi connectivity index (χ2v) is 19.1.